The predicted octanol–water partition coefficient (Wildman–Crippen LogP) is 3.21. The van der Waals surface area contributed by atoms with Crippen molar-refractivity contribution < 1.29 is 14.6 Å². The number of benzene rings is 1. The van der Waals surface area contributed by atoms with Gasteiger partial charge in [0.15, 0.2) is 0 Å². The molecular weight excluding hydrogens is 274 g/mol. The summed E-state index contributed by atoms with van der Waals surface area (Å²) in [5.41, 5.74) is 1.64. The first-order chi connectivity index (χ1) is 8.65. The number of hydrogen-bond donors (Lipinski definition) is 1. The van der Waals surface area contributed by atoms with Crippen molar-refractivity contribution >= 4 is 28.9 Å². The maximum atomic E-state index is 10.6. The van der Waals surface area contributed by atoms with Crippen molar-refractivity contribution in [1.82, 2.24) is 4.98 Å². The van der Waals surface area contributed by atoms with Gasteiger partial charge >= 0.3 is 5.97 Å². The normalized spacial score (nSPS) is 10.5. The van der Waals surface area contributed by atoms with E-state index in [2.05, 4.69) is 4.98 Å². The van der Waals surface area contributed by atoms with Crippen LogP contribution in [-0.2, 0) is 18.0 Å². The second kappa shape index (κ2) is 5.95. The average Bonchev–Trinajstić information content (AvgIpc) is 2.81. The maximum Gasteiger partial charge on any atom is 0.365 e. The number of ether oxygens (including phenoxy) is 1. The van der Waals surface area contributed by atoms with Crippen molar-refractivity contribution in [2.45, 2.75) is 13.2 Å². The minimum atomic E-state index is -1.01. The Labute approximate surface area is 113 Å². The maximum absolute atomic E-state index is 10.6. The first kappa shape index (κ1) is 13.0. The van der Waals surface area contributed by atoms with Crippen molar-refractivity contribution in [1.29, 1.82) is 0 Å². The van der Waals surface area contributed by atoms with E-state index in [0.717, 1.165) is 16.9 Å². The Bertz CT molecular complexity index is 539. The monoisotopic (exact) mass is 283 g/mol. The summed E-state index contributed by atoms with van der Waals surface area (Å²) < 4.78 is 5.45. The van der Waals surface area contributed by atoms with E-state index in [0.29, 0.717) is 23.9 Å². The van der Waals surface area contributed by atoms with Crippen LogP contribution in [0.4, 0.5) is 0 Å². The molecule has 0 fully saturated rings. The van der Waals surface area contributed by atoms with Gasteiger partial charge in [0.05, 0.1) is 18.9 Å². The second-order valence-electron chi connectivity index (χ2n) is 3.57. The Balaban J connectivity index is 1.84. The summed E-state index contributed by atoms with van der Waals surface area (Å²) in [7, 11) is 0. The van der Waals surface area contributed by atoms with Crippen LogP contribution in [0.2, 0.25) is 5.02 Å². The van der Waals surface area contributed by atoms with Crippen LogP contribution in [0.25, 0.3) is 0 Å². The third-order valence-corrected chi connectivity index (χ3v) is 3.30. The minimum absolute atomic E-state index is 0.0834. The summed E-state index contributed by atoms with van der Waals surface area (Å²) in [6.45, 7) is 0.740. The number of nitrogens with zero attached hydrogens (tertiary/aromatic N) is 1. The summed E-state index contributed by atoms with van der Waals surface area (Å²) in [6, 6.07) is 7.36. The molecule has 0 radical (unpaired) electrons. The van der Waals surface area contributed by atoms with E-state index in [-0.39, 0.29) is 5.01 Å². The number of aromatic carboxylic acids is 1. The molecule has 0 aliphatic rings. The minimum Gasteiger partial charge on any atom is -0.476 e. The number of carboxylic acid groups (broad SMARTS) is 1. The number of halogens is 1. The molecule has 0 amide bonds. The summed E-state index contributed by atoms with van der Waals surface area (Å²) in [6.07, 6.45) is 0. The van der Waals surface area contributed by atoms with Gasteiger partial charge in [-0.05, 0) is 17.7 Å². The van der Waals surface area contributed by atoms with Crippen LogP contribution >= 0.6 is 22.9 Å². The van der Waals surface area contributed by atoms with Gasteiger partial charge in [-0.2, -0.15) is 0 Å². The van der Waals surface area contributed by atoms with Crippen LogP contribution in [0.5, 0.6) is 0 Å². The third kappa shape index (κ3) is 3.53. The van der Waals surface area contributed by atoms with Crippen LogP contribution in [0.3, 0.4) is 0 Å². The van der Waals surface area contributed by atoms with Gasteiger partial charge in [-0.15, -0.1) is 11.3 Å². The molecule has 1 N–H and O–H groups in total. The molecule has 4 nitrogen and oxygen atoms in total. The number of rotatable bonds is 5. The highest BCUT2D eigenvalue weighted by Gasteiger charge is 2.08. The van der Waals surface area contributed by atoms with Gasteiger partial charge in [0, 0.05) is 10.4 Å². The lowest BCUT2D eigenvalue weighted by molar-refractivity contribution is 0.0694. The van der Waals surface area contributed by atoms with Crippen LogP contribution in [0, 0.1) is 0 Å². The Morgan fingerprint density at radius 2 is 2.06 bits per heavy atom. The SMILES string of the molecule is O=C(O)c1nc(COCc2ccc(Cl)cc2)cs1. The molecule has 0 bridgehead atoms. The number of thiazole rings is 1. The molecule has 0 saturated carbocycles. The van der Waals surface area contributed by atoms with Gasteiger partial charge in [-0.25, -0.2) is 9.78 Å². The van der Waals surface area contributed by atoms with Crippen molar-refractivity contribution in [3.05, 3.63) is 50.9 Å². The number of carbonyl (C=O) groups is 1. The number of carboxylic acids is 1. The molecule has 0 atom stereocenters. The topological polar surface area (TPSA) is 59.4 Å². The lowest BCUT2D eigenvalue weighted by atomic mass is 10.2. The Hall–Kier alpha value is -1.43. The van der Waals surface area contributed by atoms with E-state index in [1.54, 1.807) is 17.5 Å². The molecule has 18 heavy (non-hydrogen) atoms. The van der Waals surface area contributed by atoms with Crippen LogP contribution in [0.1, 0.15) is 21.1 Å². The van der Waals surface area contributed by atoms with Gasteiger partial charge in [-0.1, -0.05) is 23.7 Å². The summed E-state index contributed by atoms with van der Waals surface area (Å²) in [4.78, 5) is 14.6. The van der Waals surface area contributed by atoms with Crippen LogP contribution in [0.15, 0.2) is 29.6 Å². The zero-order chi connectivity index (χ0) is 13.0. The molecule has 0 spiro atoms. The first-order valence-corrected chi connectivity index (χ1v) is 6.41. The lowest BCUT2D eigenvalue weighted by Gasteiger charge is -2.02. The van der Waals surface area contributed by atoms with E-state index >= 15 is 0 Å². The highest BCUT2D eigenvalue weighted by molar-refractivity contribution is 7.11. The fourth-order valence-corrected chi connectivity index (χ4v) is 2.09. The van der Waals surface area contributed by atoms with E-state index in [1.807, 2.05) is 12.1 Å². The molecule has 94 valence electrons. The smallest absolute Gasteiger partial charge is 0.365 e. The molecular formula is C12H10ClNO3S. The van der Waals surface area contributed by atoms with E-state index < -0.39 is 5.97 Å². The quantitative estimate of drug-likeness (QED) is 0.915. The molecule has 2 rings (SSSR count). The Kier molecular flexibility index (Phi) is 4.30. The molecule has 0 aliphatic heterocycles. The highest BCUT2D eigenvalue weighted by Crippen LogP contribution is 2.13. The molecule has 0 aliphatic carbocycles. The van der Waals surface area contributed by atoms with Crippen LogP contribution < -0.4 is 0 Å². The molecule has 0 unspecified atom stereocenters. The van der Waals surface area contributed by atoms with E-state index in [1.165, 1.54) is 0 Å². The predicted molar refractivity (Wildman–Crippen MR) is 69.0 cm³/mol. The molecule has 6 heteroatoms. The Morgan fingerprint density at radius 1 is 1.33 bits per heavy atom. The number of aromatic nitrogens is 1. The Morgan fingerprint density at radius 3 is 2.67 bits per heavy atom. The highest BCUT2D eigenvalue weighted by atomic mass is 35.5. The lowest BCUT2D eigenvalue weighted by Crippen LogP contribution is -1.98. The van der Waals surface area contributed by atoms with Crippen LogP contribution in [-0.4, -0.2) is 16.1 Å². The summed E-state index contributed by atoms with van der Waals surface area (Å²) >= 11 is 6.87. The fourth-order valence-electron chi connectivity index (χ4n) is 1.33. The first-order valence-electron chi connectivity index (χ1n) is 5.15. The zero-order valence-corrected chi connectivity index (χ0v) is 10.9. The largest absolute Gasteiger partial charge is 0.476 e. The van der Waals surface area contributed by atoms with Gasteiger partial charge in [-0.3, -0.25) is 0 Å². The van der Waals surface area contributed by atoms with Crippen molar-refractivity contribution in [2.24, 2.45) is 0 Å². The van der Waals surface area contributed by atoms with Crippen molar-refractivity contribution in [2.75, 3.05) is 0 Å². The van der Waals surface area contributed by atoms with E-state index in [4.69, 9.17) is 21.4 Å². The summed E-state index contributed by atoms with van der Waals surface area (Å²) in [5, 5.41) is 11.2. The van der Waals surface area contributed by atoms with Gasteiger partial charge in [0.2, 0.25) is 5.01 Å². The van der Waals surface area contributed by atoms with Crippen molar-refractivity contribution in [3.63, 3.8) is 0 Å². The zero-order valence-electron chi connectivity index (χ0n) is 9.30. The third-order valence-electron chi connectivity index (χ3n) is 2.17. The van der Waals surface area contributed by atoms with Gasteiger partial charge in [0.1, 0.15) is 0 Å². The van der Waals surface area contributed by atoms with E-state index in [9.17, 15) is 4.79 Å². The molecule has 1 heterocycles. The average molecular weight is 284 g/mol. The number of hydrogen-bond acceptors (Lipinski definition) is 4. The van der Waals surface area contributed by atoms with Gasteiger partial charge < -0.3 is 9.84 Å². The standard InChI is InChI=1S/C12H10ClNO3S/c13-9-3-1-8(2-4-9)5-17-6-10-7-18-11(14-10)12(15)16/h1-4,7H,5-6H2,(H,15,16). The molecule has 1 aromatic heterocycles. The molecule has 2 aromatic rings. The summed E-state index contributed by atoms with van der Waals surface area (Å²) in [5.74, 6) is -1.01. The van der Waals surface area contributed by atoms with Gasteiger partial charge in [0.25, 0.3) is 0 Å². The van der Waals surface area contributed by atoms with Crippen molar-refractivity contribution in [3.8, 4) is 0 Å². The fraction of sp³-hybridized carbons (Fsp3) is 0.167. The second-order valence-corrected chi connectivity index (χ2v) is 4.86. The molecule has 1 aromatic carbocycles. The molecule has 0 saturated heterocycles.